The Bertz CT molecular complexity index is 485. The highest BCUT2D eigenvalue weighted by Crippen LogP contribution is 2.24. The molecule has 1 unspecified atom stereocenters. The summed E-state index contributed by atoms with van der Waals surface area (Å²) in [6.07, 6.45) is 3.74. The first-order valence-corrected chi connectivity index (χ1v) is 9.23. The zero-order chi connectivity index (χ0) is 19.4. The summed E-state index contributed by atoms with van der Waals surface area (Å²) >= 11 is 0. The molecule has 0 aromatic carbocycles. The molecular formula is C19H35N3O3. The molecular weight excluding hydrogens is 318 g/mol. The van der Waals surface area contributed by atoms with Crippen molar-refractivity contribution >= 4 is 18.1 Å². The van der Waals surface area contributed by atoms with Gasteiger partial charge in [-0.2, -0.15) is 0 Å². The SMILES string of the molecule is CC(C)[C@@H](C=O)N(C)C(=O)[C@@H](NC(=O)C1CCCCN1C)C(C)(C)C. The molecule has 0 spiro atoms. The fraction of sp³-hybridized carbons (Fsp3) is 0.842. The molecule has 1 rings (SSSR count). The highest BCUT2D eigenvalue weighted by Gasteiger charge is 2.39. The van der Waals surface area contributed by atoms with Crippen molar-refractivity contribution in [2.75, 3.05) is 20.6 Å². The lowest BCUT2D eigenvalue weighted by atomic mass is 9.85. The molecule has 1 heterocycles. The Morgan fingerprint density at radius 2 is 1.84 bits per heavy atom. The zero-order valence-corrected chi connectivity index (χ0v) is 16.8. The molecule has 25 heavy (non-hydrogen) atoms. The molecule has 0 bridgehead atoms. The van der Waals surface area contributed by atoms with Crippen LogP contribution in [0.3, 0.4) is 0 Å². The van der Waals surface area contributed by atoms with Gasteiger partial charge in [-0.1, -0.05) is 41.0 Å². The van der Waals surface area contributed by atoms with Gasteiger partial charge in [0, 0.05) is 7.05 Å². The summed E-state index contributed by atoms with van der Waals surface area (Å²) in [6.45, 7) is 10.5. The van der Waals surface area contributed by atoms with E-state index in [0.29, 0.717) is 0 Å². The Kier molecular flexibility index (Phi) is 7.60. The van der Waals surface area contributed by atoms with Crippen LogP contribution in [0.4, 0.5) is 0 Å². The predicted octanol–water partition coefficient (Wildman–Crippen LogP) is 1.68. The van der Waals surface area contributed by atoms with Crippen LogP contribution in [-0.4, -0.2) is 66.7 Å². The molecule has 0 aromatic rings. The van der Waals surface area contributed by atoms with Crippen molar-refractivity contribution in [2.24, 2.45) is 11.3 Å². The summed E-state index contributed by atoms with van der Waals surface area (Å²) < 4.78 is 0. The smallest absolute Gasteiger partial charge is 0.246 e. The minimum absolute atomic E-state index is 0.0206. The summed E-state index contributed by atoms with van der Waals surface area (Å²) in [7, 11) is 3.59. The Balaban J connectivity index is 2.95. The number of hydrogen-bond acceptors (Lipinski definition) is 4. The first kappa shape index (κ1) is 21.6. The number of nitrogens with one attached hydrogen (secondary N) is 1. The lowest BCUT2D eigenvalue weighted by molar-refractivity contribution is -0.143. The van der Waals surface area contributed by atoms with Crippen LogP contribution in [-0.2, 0) is 14.4 Å². The number of carbonyl (C=O) groups is 3. The molecule has 1 fully saturated rings. The van der Waals surface area contributed by atoms with Crippen LogP contribution in [0.25, 0.3) is 0 Å². The fourth-order valence-electron chi connectivity index (χ4n) is 3.34. The van der Waals surface area contributed by atoms with Gasteiger partial charge in [0.25, 0.3) is 0 Å². The first-order valence-electron chi connectivity index (χ1n) is 9.23. The van der Waals surface area contributed by atoms with Gasteiger partial charge in [-0.25, -0.2) is 0 Å². The molecule has 1 N–H and O–H groups in total. The number of amides is 2. The molecule has 0 saturated carbocycles. The summed E-state index contributed by atoms with van der Waals surface area (Å²) in [4.78, 5) is 40.7. The van der Waals surface area contributed by atoms with E-state index in [1.807, 2.05) is 41.7 Å². The van der Waals surface area contributed by atoms with Gasteiger partial charge < -0.3 is 15.0 Å². The van der Waals surface area contributed by atoms with Gasteiger partial charge in [-0.05, 0) is 37.8 Å². The lowest BCUT2D eigenvalue weighted by Crippen LogP contribution is -2.60. The monoisotopic (exact) mass is 353 g/mol. The maximum atomic E-state index is 13.0. The topological polar surface area (TPSA) is 69.7 Å². The summed E-state index contributed by atoms with van der Waals surface area (Å²) in [5.74, 6) is -0.298. The number of rotatable bonds is 6. The zero-order valence-electron chi connectivity index (χ0n) is 16.8. The van der Waals surface area contributed by atoms with Gasteiger partial charge in [0.1, 0.15) is 12.3 Å². The van der Waals surface area contributed by atoms with Gasteiger partial charge in [0.15, 0.2) is 0 Å². The van der Waals surface area contributed by atoms with E-state index in [1.54, 1.807) is 7.05 Å². The van der Waals surface area contributed by atoms with E-state index in [2.05, 4.69) is 10.2 Å². The van der Waals surface area contributed by atoms with Crippen molar-refractivity contribution in [1.29, 1.82) is 0 Å². The van der Waals surface area contributed by atoms with E-state index in [4.69, 9.17) is 0 Å². The number of likely N-dealkylation sites (tertiary alicyclic amines) is 1. The van der Waals surface area contributed by atoms with Crippen LogP contribution in [0.5, 0.6) is 0 Å². The van der Waals surface area contributed by atoms with Crippen molar-refractivity contribution in [2.45, 2.75) is 72.0 Å². The minimum atomic E-state index is -0.665. The molecule has 3 atom stereocenters. The van der Waals surface area contributed by atoms with Crippen LogP contribution >= 0.6 is 0 Å². The normalized spacial score (nSPS) is 21.5. The third kappa shape index (κ3) is 5.53. The summed E-state index contributed by atoms with van der Waals surface area (Å²) in [5, 5.41) is 2.97. The van der Waals surface area contributed by atoms with Gasteiger partial charge >= 0.3 is 0 Å². The number of aldehydes is 1. The highest BCUT2D eigenvalue weighted by atomic mass is 16.2. The third-order valence-corrected chi connectivity index (χ3v) is 5.09. The molecule has 6 heteroatoms. The van der Waals surface area contributed by atoms with Gasteiger partial charge in [0.05, 0.1) is 12.1 Å². The second kappa shape index (κ2) is 8.79. The average Bonchev–Trinajstić information content (AvgIpc) is 2.51. The van der Waals surface area contributed by atoms with Crippen molar-refractivity contribution in [3.05, 3.63) is 0 Å². The van der Waals surface area contributed by atoms with E-state index in [0.717, 1.165) is 32.1 Å². The molecule has 1 aliphatic heterocycles. The fourth-order valence-corrected chi connectivity index (χ4v) is 3.34. The standard InChI is InChI=1S/C19H35N3O3/c1-13(2)15(12-23)22(7)18(25)16(19(3,4)5)20-17(24)14-10-8-9-11-21(14)6/h12-16H,8-11H2,1-7H3,(H,20,24)/t14?,15-,16-/m1/s1. The highest BCUT2D eigenvalue weighted by molar-refractivity contribution is 5.91. The van der Waals surface area contributed by atoms with Crippen LogP contribution in [0, 0.1) is 11.3 Å². The summed E-state index contributed by atoms with van der Waals surface area (Å²) in [5.41, 5.74) is -0.446. The maximum absolute atomic E-state index is 13.0. The van der Waals surface area contributed by atoms with Crippen LogP contribution < -0.4 is 5.32 Å². The van der Waals surface area contributed by atoms with Crippen molar-refractivity contribution in [3.63, 3.8) is 0 Å². The number of likely N-dealkylation sites (N-methyl/N-ethyl adjacent to an activating group) is 2. The third-order valence-electron chi connectivity index (χ3n) is 5.09. The largest absolute Gasteiger partial charge is 0.342 e. The maximum Gasteiger partial charge on any atom is 0.246 e. The second-order valence-electron chi connectivity index (χ2n) is 8.62. The Morgan fingerprint density at radius 3 is 2.28 bits per heavy atom. The first-order chi connectivity index (χ1) is 11.5. The quantitative estimate of drug-likeness (QED) is 0.738. The Labute approximate surface area is 152 Å². The van der Waals surface area contributed by atoms with E-state index < -0.39 is 17.5 Å². The van der Waals surface area contributed by atoms with E-state index >= 15 is 0 Å². The van der Waals surface area contributed by atoms with Crippen LogP contribution in [0.15, 0.2) is 0 Å². The van der Waals surface area contributed by atoms with E-state index in [1.165, 1.54) is 4.90 Å². The average molecular weight is 354 g/mol. The van der Waals surface area contributed by atoms with Crippen molar-refractivity contribution in [1.82, 2.24) is 15.1 Å². The number of nitrogens with zero attached hydrogens (tertiary/aromatic N) is 2. The molecule has 0 aromatic heterocycles. The van der Waals surface area contributed by atoms with Gasteiger partial charge in [-0.15, -0.1) is 0 Å². The van der Waals surface area contributed by atoms with Gasteiger partial charge in [0.2, 0.25) is 11.8 Å². The Morgan fingerprint density at radius 1 is 1.24 bits per heavy atom. The van der Waals surface area contributed by atoms with E-state index in [9.17, 15) is 14.4 Å². The number of carbonyl (C=O) groups excluding carboxylic acids is 3. The molecule has 0 aliphatic carbocycles. The summed E-state index contributed by atoms with van der Waals surface area (Å²) in [6, 6.07) is -1.35. The van der Waals surface area contributed by atoms with Crippen molar-refractivity contribution in [3.8, 4) is 0 Å². The lowest BCUT2D eigenvalue weighted by Gasteiger charge is -2.38. The van der Waals surface area contributed by atoms with Crippen LogP contribution in [0.2, 0.25) is 0 Å². The van der Waals surface area contributed by atoms with Gasteiger partial charge in [-0.3, -0.25) is 14.5 Å². The van der Waals surface area contributed by atoms with Crippen LogP contribution in [0.1, 0.15) is 53.9 Å². The van der Waals surface area contributed by atoms with Crippen molar-refractivity contribution < 1.29 is 14.4 Å². The molecule has 0 radical (unpaired) electrons. The number of piperidine rings is 1. The minimum Gasteiger partial charge on any atom is -0.342 e. The second-order valence-corrected chi connectivity index (χ2v) is 8.62. The molecule has 1 aliphatic rings. The molecule has 6 nitrogen and oxygen atoms in total. The molecule has 144 valence electrons. The molecule has 2 amide bonds. The Hall–Kier alpha value is -1.43. The molecule has 1 saturated heterocycles. The predicted molar refractivity (Wildman–Crippen MR) is 99.1 cm³/mol. The number of hydrogen-bond donors (Lipinski definition) is 1. The van der Waals surface area contributed by atoms with E-state index in [-0.39, 0.29) is 23.8 Å².